The first-order chi connectivity index (χ1) is 9.83. The Labute approximate surface area is 128 Å². The summed E-state index contributed by atoms with van der Waals surface area (Å²) in [6.07, 6.45) is 9.70. The Morgan fingerprint density at radius 1 is 1.10 bits per heavy atom. The van der Waals surface area contributed by atoms with Gasteiger partial charge in [0.15, 0.2) is 0 Å². The van der Waals surface area contributed by atoms with Gasteiger partial charge in [0.25, 0.3) is 0 Å². The molecule has 0 aliphatic heterocycles. The SMILES string of the molecule is CCCC1CCCC(Nc2ccccc2SCC)CC1. The van der Waals surface area contributed by atoms with E-state index in [1.165, 1.54) is 55.5 Å². The fourth-order valence-corrected chi connectivity index (χ4v) is 4.08. The molecule has 2 rings (SSSR count). The van der Waals surface area contributed by atoms with Crippen molar-refractivity contribution in [2.45, 2.75) is 69.7 Å². The van der Waals surface area contributed by atoms with Crippen molar-refractivity contribution < 1.29 is 0 Å². The molecule has 2 heteroatoms. The standard InChI is InChI=1S/C18H29NS/c1-3-8-15-9-7-10-16(14-13-15)19-17-11-5-6-12-18(17)20-4-2/h5-6,11-12,15-16,19H,3-4,7-10,13-14H2,1-2H3. The maximum Gasteiger partial charge on any atom is 0.0480 e. The number of anilines is 1. The van der Waals surface area contributed by atoms with Gasteiger partial charge in [-0.05, 0) is 43.1 Å². The van der Waals surface area contributed by atoms with Gasteiger partial charge in [0.2, 0.25) is 0 Å². The van der Waals surface area contributed by atoms with Crippen LogP contribution in [-0.2, 0) is 0 Å². The Balaban J connectivity index is 1.93. The number of hydrogen-bond donors (Lipinski definition) is 1. The van der Waals surface area contributed by atoms with E-state index in [0.717, 1.165) is 11.7 Å². The molecule has 1 nitrogen and oxygen atoms in total. The minimum Gasteiger partial charge on any atom is -0.381 e. The van der Waals surface area contributed by atoms with Crippen LogP contribution in [0.3, 0.4) is 0 Å². The molecule has 1 fully saturated rings. The van der Waals surface area contributed by atoms with Gasteiger partial charge in [-0.15, -0.1) is 11.8 Å². The van der Waals surface area contributed by atoms with Gasteiger partial charge >= 0.3 is 0 Å². The number of para-hydroxylation sites is 1. The molecular formula is C18H29NS. The van der Waals surface area contributed by atoms with E-state index in [9.17, 15) is 0 Å². The van der Waals surface area contributed by atoms with Crippen LogP contribution in [0, 0.1) is 5.92 Å². The van der Waals surface area contributed by atoms with E-state index >= 15 is 0 Å². The summed E-state index contributed by atoms with van der Waals surface area (Å²) in [7, 11) is 0. The predicted octanol–water partition coefficient (Wildman–Crippen LogP) is 5.96. The first-order valence-corrected chi connectivity index (χ1v) is 9.30. The van der Waals surface area contributed by atoms with E-state index in [4.69, 9.17) is 0 Å². The molecule has 1 N–H and O–H groups in total. The van der Waals surface area contributed by atoms with E-state index in [1.54, 1.807) is 0 Å². The van der Waals surface area contributed by atoms with Crippen molar-refractivity contribution in [3.63, 3.8) is 0 Å². The Kier molecular flexibility index (Phi) is 6.78. The van der Waals surface area contributed by atoms with Crippen LogP contribution >= 0.6 is 11.8 Å². The topological polar surface area (TPSA) is 12.0 Å². The van der Waals surface area contributed by atoms with Crippen molar-refractivity contribution in [2.75, 3.05) is 11.1 Å². The highest BCUT2D eigenvalue weighted by Crippen LogP contribution is 2.31. The molecule has 0 spiro atoms. The van der Waals surface area contributed by atoms with Crippen LogP contribution in [0.15, 0.2) is 29.2 Å². The fourth-order valence-electron chi connectivity index (χ4n) is 3.31. The smallest absolute Gasteiger partial charge is 0.0480 e. The fraction of sp³-hybridized carbons (Fsp3) is 0.667. The second-order valence-electron chi connectivity index (χ2n) is 5.93. The van der Waals surface area contributed by atoms with E-state index in [0.29, 0.717) is 6.04 Å². The van der Waals surface area contributed by atoms with Crippen LogP contribution in [0.2, 0.25) is 0 Å². The zero-order valence-electron chi connectivity index (χ0n) is 13.0. The van der Waals surface area contributed by atoms with Crippen molar-refractivity contribution >= 4 is 17.4 Å². The number of hydrogen-bond acceptors (Lipinski definition) is 2. The summed E-state index contributed by atoms with van der Waals surface area (Å²) < 4.78 is 0. The third-order valence-electron chi connectivity index (χ3n) is 4.33. The molecule has 1 aromatic carbocycles. The molecule has 2 unspecified atom stereocenters. The molecule has 1 aliphatic rings. The molecule has 0 bridgehead atoms. The van der Waals surface area contributed by atoms with Gasteiger partial charge in [0.1, 0.15) is 0 Å². The predicted molar refractivity (Wildman–Crippen MR) is 91.7 cm³/mol. The Hall–Kier alpha value is -0.630. The van der Waals surface area contributed by atoms with Crippen LogP contribution in [0.25, 0.3) is 0 Å². The summed E-state index contributed by atoms with van der Waals surface area (Å²) in [4.78, 5) is 1.41. The highest BCUT2D eigenvalue weighted by atomic mass is 32.2. The van der Waals surface area contributed by atoms with Crippen LogP contribution in [0.1, 0.15) is 58.8 Å². The van der Waals surface area contributed by atoms with Crippen molar-refractivity contribution in [1.82, 2.24) is 0 Å². The summed E-state index contributed by atoms with van der Waals surface area (Å²) in [6, 6.07) is 9.46. The van der Waals surface area contributed by atoms with Crippen molar-refractivity contribution in [3.8, 4) is 0 Å². The molecular weight excluding hydrogens is 262 g/mol. The van der Waals surface area contributed by atoms with Gasteiger partial charge < -0.3 is 5.32 Å². The number of thioether (sulfide) groups is 1. The highest BCUT2D eigenvalue weighted by Gasteiger charge is 2.18. The molecule has 1 aromatic rings. The Morgan fingerprint density at radius 2 is 1.95 bits per heavy atom. The molecule has 0 amide bonds. The molecule has 1 saturated carbocycles. The lowest BCUT2D eigenvalue weighted by molar-refractivity contribution is 0.422. The van der Waals surface area contributed by atoms with E-state index in [2.05, 4.69) is 43.4 Å². The van der Waals surface area contributed by atoms with Gasteiger partial charge in [-0.2, -0.15) is 0 Å². The lowest BCUT2D eigenvalue weighted by Crippen LogP contribution is -2.18. The largest absolute Gasteiger partial charge is 0.381 e. The van der Waals surface area contributed by atoms with Gasteiger partial charge in [-0.1, -0.05) is 51.7 Å². The van der Waals surface area contributed by atoms with Gasteiger partial charge in [0.05, 0.1) is 0 Å². The second-order valence-corrected chi connectivity index (χ2v) is 7.24. The summed E-state index contributed by atoms with van der Waals surface area (Å²) in [5, 5.41) is 3.82. The lowest BCUT2D eigenvalue weighted by Gasteiger charge is -2.20. The number of rotatable bonds is 6. The van der Waals surface area contributed by atoms with E-state index < -0.39 is 0 Å². The second kappa shape index (κ2) is 8.61. The van der Waals surface area contributed by atoms with Crippen LogP contribution < -0.4 is 5.32 Å². The molecule has 112 valence electrons. The molecule has 1 aliphatic carbocycles. The first kappa shape index (κ1) is 15.8. The lowest BCUT2D eigenvalue weighted by atomic mass is 9.95. The van der Waals surface area contributed by atoms with Crippen molar-refractivity contribution in [2.24, 2.45) is 5.92 Å². The number of nitrogens with one attached hydrogen (secondary N) is 1. The average molecular weight is 292 g/mol. The Bertz CT molecular complexity index is 391. The normalized spacial score (nSPS) is 23.3. The van der Waals surface area contributed by atoms with E-state index in [1.807, 2.05) is 11.8 Å². The monoisotopic (exact) mass is 291 g/mol. The van der Waals surface area contributed by atoms with Crippen molar-refractivity contribution in [3.05, 3.63) is 24.3 Å². The molecule has 0 aromatic heterocycles. The number of benzene rings is 1. The van der Waals surface area contributed by atoms with Gasteiger partial charge in [-0.3, -0.25) is 0 Å². The third kappa shape index (κ3) is 4.73. The third-order valence-corrected chi connectivity index (χ3v) is 5.29. The summed E-state index contributed by atoms with van der Waals surface area (Å²) in [6.45, 7) is 4.54. The quantitative estimate of drug-likeness (QED) is 0.512. The Morgan fingerprint density at radius 3 is 2.75 bits per heavy atom. The maximum absolute atomic E-state index is 3.82. The van der Waals surface area contributed by atoms with Crippen LogP contribution in [-0.4, -0.2) is 11.8 Å². The zero-order chi connectivity index (χ0) is 14.2. The first-order valence-electron chi connectivity index (χ1n) is 8.31. The minimum absolute atomic E-state index is 0.676. The average Bonchev–Trinajstić information content (AvgIpc) is 2.68. The van der Waals surface area contributed by atoms with Crippen molar-refractivity contribution in [1.29, 1.82) is 0 Å². The molecule has 0 radical (unpaired) electrons. The highest BCUT2D eigenvalue weighted by molar-refractivity contribution is 7.99. The molecule has 0 heterocycles. The molecule has 2 atom stereocenters. The summed E-state index contributed by atoms with van der Waals surface area (Å²) in [5.74, 6) is 2.12. The van der Waals surface area contributed by atoms with Crippen LogP contribution in [0.5, 0.6) is 0 Å². The van der Waals surface area contributed by atoms with Gasteiger partial charge in [-0.25, -0.2) is 0 Å². The molecule has 0 saturated heterocycles. The molecule has 20 heavy (non-hydrogen) atoms. The van der Waals surface area contributed by atoms with E-state index in [-0.39, 0.29) is 0 Å². The maximum atomic E-state index is 3.82. The van der Waals surface area contributed by atoms with Gasteiger partial charge in [0, 0.05) is 16.6 Å². The summed E-state index contributed by atoms with van der Waals surface area (Å²) in [5.41, 5.74) is 1.35. The zero-order valence-corrected chi connectivity index (χ0v) is 13.8. The summed E-state index contributed by atoms with van der Waals surface area (Å²) >= 11 is 1.94. The van der Waals surface area contributed by atoms with Crippen LogP contribution in [0.4, 0.5) is 5.69 Å². The minimum atomic E-state index is 0.676.